The summed E-state index contributed by atoms with van der Waals surface area (Å²) in [7, 11) is 0. The largest absolute Gasteiger partial charge is 0.310 e. The van der Waals surface area contributed by atoms with Crippen LogP contribution in [0.1, 0.15) is 33.1 Å². The molecule has 0 saturated heterocycles. The van der Waals surface area contributed by atoms with Crippen molar-refractivity contribution in [2.75, 3.05) is 6.54 Å². The van der Waals surface area contributed by atoms with Crippen molar-refractivity contribution >= 4 is 11.6 Å². The van der Waals surface area contributed by atoms with Gasteiger partial charge in [0.05, 0.1) is 0 Å². The first-order valence-corrected chi connectivity index (χ1v) is 5.17. The highest BCUT2D eigenvalue weighted by molar-refractivity contribution is 6.25. The van der Waals surface area contributed by atoms with Crippen molar-refractivity contribution in [2.45, 2.75) is 39.2 Å². The molecular weight excluding hydrogens is 170 g/mol. The van der Waals surface area contributed by atoms with Gasteiger partial charge in [0.25, 0.3) is 0 Å². The van der Waals surface area contributed by atoms with Crippen LogP contribution in [0.25, 0.3) is 0 Å². The zero-order valence-electron chi connectivity index (χ0n) is 7.94. The Morgan fingerprint density at radius 3 is 2.75 bits per heavy atom. The van der Waals surface area contributed by atoms with Gasteiger partial charge in [-0.15, -0.1) is 0 Å². The number of rotatable bonds is 4. The molecule has 0 heterocycles. The van der Waals surface area contributed by atoms with Crippen molar-refractivity contribution in [2.24, 2.45) is 5.92 Å². The van der Waals surface area contributed by atoms with Crippen LogP contribution in [0, 0.1) is 5.92 Å². The van der Waals surface area contributed by atoms with Crippen molar-refractivity contribution < 1.29 is 0 Å². The molecule has 0 amide bonds. The summed E-state index contributed by atoms with van der Waals surface area (Å²) in [5, 5.41) is 3.48. The highest BCUT2D eigenvalue weighted by Gasteiger charge is 2.22. The third-order valence-electron chi connectivity index (χ3n) is 2.75. The van der Waals surface area contributed by atoms with E-state index in [0.717, 1.165) is 12.5 Å². The molecule has 0 aromatic heterocycles. The van der Waals surface area contributed by atoms with Crippen LogP contribution in [0.4, 0.5) is 0 Å². The molecule has 2 heteroatoms. The van der Waals surface area contributed by atoms with E-state index < -0.39 is 0 Å². The van der Waals surface area contributed by atoms with Gasteiger partial charge in [0.15, 0.2) is 0 Å². The normalized spacial score (nSPS) is 22.1. The summed E-state index contributed by atoms with van der Waals surface area (Å²) in [6.07, 6.45) is 4.22. The molecule has 0 spiro atoms. The zero-order chi connectivity index (χ0) is 8.97. The van der Waals surface area contributed by atoms with E-state index in [1.807, 2.05) is 6.92 Å². The topological polar surface area (TPSA) is 12.0 Å². The summed E-state index contributed by atoms with van der Waals surface area (Å²) < 4.78 is 0. The lowest BCUT2D eigenvalue weighted by Gasteiger charge is -2.32. The van der Waals surface area contributed by atoms with E-state index in [2.05, 4.69) is 12.2 Å². The first-order valence-electron chi connectivity index (χ1n) is 4.73. The smallest absolute Gasteiger partial charge is 0.0176 e. The summed E-state index contributed by atoms with van der Waals surface area (Å²) >= 11 is 5.56. The number of hydrogen-bond donors (Lipinski definition) is 1. The van der Waals surface area contributed by atoms with Crippen LogP contribution in [0.15, 0.2) is 11.1 Å². The molecule has 0 aromatic rings. The van der Waals surface area contributed by atoms with Gasteiger partial charge in [0, 0.05) is 18.1 Å². The predicted molar refractivity (Wildman–Crippen MR) is 54.4 cm³/mol. The molecule has 1 nitrogen and oxygen atoms in total. The molecule has 1 atom stereocenters. The zero-order valence-corrected chi connectivity index (χ0v) is 8.69. The summed E-state index contributed by atoms with van der Waals surface area (Å²) in [6, 6.07) is 0.658. The van der Waals surface area contributed by atoms with Gasteiger partial charge < -0.3 is 5.32 Å². The quantitative estimate of drug-likeness (QED) is 0.714. The Labute approximate surface area is 80.2 Å². The molecule has 1 fully saturated rings. The van der Waals surface area contributed by atoms with Crippen molar-refractivity contribution in [3.63, 3.8) is 0 Å². The number of hydrogen-bond acceptors (Lipinski definition) is 1. The minimum Gasteiger partial charge on any atom is -0.310 e. The molecule has 1 unspecified atom stereocenters. The van der Waals surface area contributed by atoms with Gasteiger partial charge >= 0.3 is 0 Å². The molecule has 1 aliphatic carbocycles. The third-order valence-corrected chi connectivity index (χ3v) is 3.12. The molecule has 12 heavy (non-hydrogen) atoms. The standard InChI is InChI=1S/C10H18ClN/c1-8(6-11)7-12-9(2)10-4-3-5-10/h6,9-10,12H,3-5,7H2,1-2H3. The van der Waals surface area contributed by atoms with E-state index in [1.165, 1.54) is 24.8 Å². The summed E-state index contributed by atoms with van der Waals surface area (Å²) in [5.74, 6) is 0.910. The third kappa shape index (κ3) is 2.80. The summed E-state index contributed by atoms with van der Waals surface area (Å²) in [5.41, 5.74) is 2.86. The first kappa shape index (κ1) is 10.1. The lowest BCUT2D eigenvalue weighted by molar-refractivity contribution is 0.245. The van der Waals surface area contributed by atoms with Crippen LogP contribution in [0.3, 0.4) is 0 Å². The fourth-order valence-corrected chi connectivity index (χ4v) is 1.54. The highest BCUT2D eigenvalue weighted by Crippen LogP contribution is 2.29. The highest BCUT2D eigenvalue weighted by atomic mass is 35.5. The lowest BCUT2D eigenvalue weighted by Crippen LogP contribution is -2.37. The Bertz CT molecular complexity index is 161. The maximum absolute atomic E-state index is 5.56. The summed E-state index contributed by atoms with van der Waals surface area (Å²) in [6.45, 7) is 5.25. The van der Waals surface area contributed by atoms with Crippen molar-refractivity contribution in [1.82, 2.24) is 5.32 Å². The second-order valence-corrected chi connectivity index (χ2v) is 4.03. The second kappa shape index (κ2) is 4.88. The van der Waals surface area contributed by atoms with Gasteiger partial charge in [-0.3, -0.25) is 0 Å². The van der Waals surface area contributed by atoms with Crippen molar-refractivity contribution in [3.05, 3.63) is 11.1 Å². The summed E-state index contributed by atoms with van der Waals surface area (Å²) in [4.78, 5) is 0. The van der Waals surface area contributed by atoms with Gasteiger partial charge in [-0.05, 0) is 38.2 Å². The van der Waals surface area contributed by atoms with Crippen LogP contribution in [-0.2, 0) is 0 Å². The van der Waals surface area contributed by atoms with Crippen LogP contribution in [-0.4, -0.2) is 12.6 Å². The molecule has 70 valence electrons. The molecule has 0 aliphatic heterocycles. The van der Waals surface area contributed by atoms with Crippen LogP contribution in [0.5, 0.6) is 0 Å². The fourth-order valence-electron chi connectivity index (χ4n) is 1.47. The van der Waals surface area contributed by atoms with Crippen LogP contribution in [0.2, 0.25) is 0 Å². The average molecular weight is 188 g/mol. The minimum absolute atomic E-state index is 0.658. The Morgan fingerprint density at radius 2 is 2.33 bits per heavy atom. The SMILES string of the molecule is CC(=CCl)CNC(C)C1CCC1. The van der Waals surface area contributed by atoms with Crippen molar-refractivity contribution in [1.29, 1.82) is 0 Å². The van der Waals surface area contributed by atoms with Crippen LogP contribution >= 0.6 is 11.6 Å². The van der Waals surface area contributed by atoms with E-state index in [0.29, 0.717) is 6.04 Å². The van der Waals surface area contributed by atoms with Gasteiger partial charge in [0.2, 0.25) is 0 Å². The second-order valence-electron chi connectivity index (χ2n) is 3.82. The molecule has 0 bridgehead atoms. The maximum atomic E-state index is 5.56. The number of nitrogens with one attached hydrogen (secondary N) is 1. The minimum atomic E-state index is 0.658. The number of halogens is 1. The Hall–Kier alpha value is -0.0100. The molecule has 1 saturated carbocycles. The van der Waals surface area contributed by atoms with E-state index in [9.17, 15) is 0 Å². The van der Waals surface area contributed by atoms with Gasteiger partial charge in [-0.1, -0.05) is 18.0 Å². The predicted octanol–water partition coefficient (Wildman–Crippen LogP) is 2.91. The van der Waals surface area contributed by atoms with E-state index in [1.54, 1.807) is 5.54 Å². The Morgan fingerprint density at radius 1 is 1.67 bits per heavy atom. The monoisotopic (exact) mass is 187 g/mol. The average Bonchev–Trinajstić information content (AvgIpc) is 1.97. The fraction of sp³-hybridized carbons (Fsp3) is 0.800. The molecular formula is C10H18ClN. The van der Waals surface area contributed by atoms with E-state index in [4.69, 9.17) is 11.6 Å². The Kier molecular flexibility index (Phi) is 4.10. The lowest BCUT2D eigenvalue weighted by atomic mass is 9.80. The molecule has 0 radical (unpaired) electrons. The molecule has 0 aromatic carbocycles. The van der Waals surface area contributed by atoms with Gasteiger partial charge in [-0.25, -0.2) is 0 Å². The maximum Gasteiger partial charge on any atom is 0.0176 e. The van der Waals surface area contributed by atoms with Crippen LogP contribution < -0.4 is 5.32 Å². The van der Waals surface area contributed by atoms with Gasteiger partial charge in [0.1, 0.15) is 0 Å². The van der Waals surface area contributed by atoms with Gasteiger partial charge in [-0.2, -0.15) is 0 Å². The molecule has 1 aliphatic rings. The first-order chi connectivity index (χ1) is 5.74. The van der Waals surface area contributed by atoms with Crippen molar-refractivity contribution in [3.8, 4) is 0 Å². The van der Waals surface area contributed by atoms with E-state index in [-0.39, 0.29) is 0 Å². The van der Waals surface area contributed by atoms with E-state index >= 15 is 0 Å². The molecule has 1 N–H and O–H groups in total. The molecule has 1 rings (SSSR count). The Balaban J connectivity index is 2.13.